The molecule has 2 N–H and O–H groups in total. The number of benzene rings is 1. The molecule has 0 aliphatic carbocycles. The van der Waals surface area contributed by atoms with E-state index in [-0.39, 0.29) is 5.37 Å². The molecule has 0 aliphatic rings. The molecule has 1 unspecified atom stereocenters. The number of nitrogens with two attached hydrogens (primary N) is 1. The van der Waals surface area contributed by atoms with Crippen LogP contribution in [0.15, 0.2) is 24.3 Å². The fraction of sp³-hybridized carbons (Fsp3) is 0.250. The Labute approximate surface area is 75.9 Å². The maximum absolute atomic E-state index is 5.78. The predicted molar refractivity (Wildman–Crippen MR) is 51.9 cm³/mol. The quantitative estimate of drug-likeness (QED) is 0.721. The first kappa shape index (κ1) is 8.91. The molecule has 0 aliphatic heterocycles. The van der Waals surface area contributed by atoms with Crippen molar-refractivity contribution in [3.63, 3.8) is 0 Å². The van der Waals surface area contributed by atoms with Crippen LogP contribution in [0.1, 0.15) is 10.9 Å². The molecular formula is C8H10ClNS. The minimum atomic E-state index is 0.0358. The first-order valence-electron chi connectivity index (χ1n) is 3.28. The van der Waals surface area contributed by atoms with Crippen molar-refractivity contribution in [3.8, 4) is 0 Å². The minimum absolute atomic E-state index is 0.0358. The van der Waals surface area contributed by atoms with Gasteiger partial charge >= 0.3 is 0 Å². The van der Waals surface area contributed by atoms with Gasteiger partial charge in [-0.1, -0.05) is 23.7 Å². The summed E-state index contributed by atoms with van der Waals surface area (Å²) in [7, 11) is 0. The highest BCUT2D eigenvalue weighted by Crippen LogP contribution is 2.22. The maximum atomic E-state index is 5.78. The van der Waals surface area contributed by atoms with Crippen molar-refractivity contribution in [2.45, 2.75) is 5.37 Å². The average Bonchev–Trinajstić information content (AvgIpc) is 2.03. The molecule has 0 saturated heterocycles. The third kappa shape index (κ3) is 2.40. The Morgan fingerprint density at radius 1 is 1.55 bits per heavy atom. The van der Waals surface area contributed by atoms with Gasteiger partial charge in [-0.05, 0) is 24.0 Å². The van der Waals surface area contributed by atoms with Crippen molar-refractivity contribution in [1.82, 2.24) is 0 Å². The Morgan fingerprint density at radius 2 is 2.27 bits per heavy atom. The Hall–Kier alpha value is -0.180. The monoisotopic (exact) mass is 187 g/mol. The molecule has 0 aromatic heterocycles. The minimum Gasteiger partial charge on any atom is -0.316 e. The van der Waals surface area contributed by atoms with E-state index < -0.39 is 0 Å². The number of hydrogen-bond donors (Lipinski definition) is 1. The third-order valence-electron chi connectivity index (χ3n) is 1.43. The molecule has 60 valence electrons. The number of thioether (sulfide) groups is 1. The molecule has 1 aromatic carbocycles. The largest absolute Gasteiger partial charge is 0.316 e. The molecule has 1 rings (SSSR count). The van der Waals surface area contributed by atoms with Gasteiger partial charge in [0, 0.05) is 5.02 Å². The van der Waals surface area contributed by atoms with Gasteiger partial charge in [-0.15, -0.1) is 11.8 Å². The standard InChI is InChI=1S/C8H10ClNS/c1-11-8(10)6-3-2-4-7(9)5-6/h2-5,8H,10H2,1H3. The molecule has 0 spiro atoms. The van der Waals surface area contributed by atoms with E-state index in [1.54, 1.807) is 11.8 Å². The molecule has 1 nitrogen and oxygen atoms in total. The van der Waals surface area contributed by atoms with Crippen LogP contribution in [-0.4, -0.2) is 6.26 Å². The Morgan fingerprint density at radius 3 is 2.82 bits per heavy atom. The second-order valence-electron chi connectivity index (χ2n) is 2.21. The van der Waals surface area contributed by atoms with Crippen molar-refractivity contribution in [1.29, 1.82) is 0 Å². The van der Waals surface area contributed by atoms with Crippen molar-refractivity contribution >= 4 is 23.4 Å². The van der Waals surface area contributed by atoms with Crippen LogP contribution in [0.2, 0.25) is 5.02 Å². The maximum Gasteiger partial charge on any atom is 0.0762 e. The Kier molecular flexibility index (Phi) is 3.24. The third-order valence-corrected chi connectivity index (χ3v) is 2.45. The molecule has 0 radical (unpaired) electrons. The van der Waals surface area contributed by atoms with Gasteiger partial charge in [0.05, 0.1) is 5.37 Å². The Balaban J connectivity index is 2.86. The van der Waals surface area contributed by atoms with E-state index in [1.807, 2.05) is 30.5 Å². The second-order valence-corrected chi connectivity index (χ2v) is 3.63. The topological polar surface area (TPSA) is 26.0 Å². The van der Waals surface area contributed by atoms with E-state index in [1.165, 1.54) is 0 Å². The first-order chi connectivity index (χ1) is 5.24. The number of halogens is 1. The molecule has 0 fully saturated rings. The van der Waals surface area contributed by atoms with Gasteiger partial charge in [0.2, 0.25) is 0 Å². The summed E-state index contributed by atoms with van der Waals surface area (Å²) in [6.45, 7) is 0. The van der Waals surface area contributed by atoms with Crippen LogP contribution < -0.4 is 5.73 Å². The van der Waals surface area contributed by atoms with E-state index in [0.717, 1.165) is 10.6 Å². The number of rotatable bonds is 2. The smallest absolute Gasteiger partial charge is 0.0762 e. The second kappa shape index (κ2) is 4.00. The molecule has 3 heteroatoms. The van der Waals surface area contributed by atoms with Crippen LogP contribution in [0, 0.1) is 0 Å². The summed E-state index contributed by atoms with van der Waals surface area (Å²) in [4.78, 5) is 0. The molecule has 1 aromatic rings. The van der Waals surface area contributed by atoms with Crippen molar-refractivity contribution < 1.29 is 0 Å². The summed E-state index contributed by atoms with van der Waals surface area (Å²) < 4.78 is 0. The van der Waals surface area contributed by atoms with E-state index >= 15 is 0 Å². The van der Waals surface area contributed by atoms with E-state index in [0.29, 0.717) is 0 Å². The van der Waals surface area contributed by atoms with Gasteiger partial charge in [-0.25, -0.2) is 0 Å². The zero-order valence-electron chi connectivity index (χ0n) is 6.25. The van der Waals surface area contributed by atoms with Gasteiger partial charge in [0.15, 0.2) is 0 Å². The molecule has 0 bridgehead atoms. The molecule has 1 atom stereocenters. The van der Waals surface area contributed by atoms with E-state index in [2.05, 4.69) is 0 Å². The van der Waals surface area contributed by atoms with Gasteiger partial charge in [0.25, 0.3) is 0 Å². The highest BCUT2D eigenvalue weighted by atomic mass is 35.5. The van der Waals surface area contributed by atoms with Crippen LogP contribution in [0.25, 0.3) is 0 Å². The molecule has 0 heterocycles. The van der Waals surface area contributed by atoms with Crippen LogP contribution in [0.3, 0.4) is 0 Å². The summed E-state index contributed by atoms with van der Waals surface area (Å²) in [5.41, 5.74) is 6.84. The SMILES string of the molecule is CSC(N)c1cccc(Cl)c1. The van der Waals surface area contributed by atoms with Gasteiger partial charge in [-0.2, -0.15) is 0 Å². The lowest BCUT2D eigenvalue weighted by Crippen LogP contribution is -2.04. The van der Waals surface area contributed by atoms with Crippen molar-refractivity contribution in [2.24, 2.45) is 5.73 Å². The molecule has 0 amide bonds. The lowest BCUT2D eigenvalue weighted by Gasteiger charge is -2.07. The van der Waals surface area contributed by atoms with Crippen molar-refractivity contribution in [3.05, 3.63) is 34.9 Å². The van der Waals surface area contributed by atoms with E-state index in [4.69, 9.17) is 17.3 Å². The fourth-order valence-electron chi connectivity index (χ4n) is 0.820. The molecule has 0 saturated carbocycles. The van der Waals surface area contributed by atoms with Crippen LogP contribution >= 0.6 is 23.4 Å². The zero-order valence-corrected chi connectivity index (χ0v) is 7.82. The normalized spacial score (nSPS) is 13.0. The predicted octanol–water partition coefficient (Wildman–Crippen LogP) is 2.66. The Bertz CT molecular complexity index is 239. The summed E-state index contributed by atoms with van der Waals surface area (Å²) >= 11 is 7.39. The summed E-state index contributed by atoms with van der Waals surface area (Å²) in [6.07, 6.45) is 1.98. The lowest BCUT2D eigenvalue weighted by atomic mass is 10.2. The fourth-order valence-corrected chi connectivity index (χ4v) is 1.44. The van der Waals surface area contributed by atoms with Crippen LogP contribution in [0.4, 0.5) is 0 Å². The summed E-state index contributed by atoms with van der Waals surface area (Å²) in [5, 5.41) is 0.778. The highest BCUT2D eigenvalue weighted by Gasteiger charge is 2.02. The van der Waals surface area contributed by atoms with E-state index in [9.17, 15) is 0 Å². The average molecular weight is 188 g/mol. The summed E-state index contributed by atoms with van der Waals surface area (Å²) in [6, 6.07) is 7.63. The number of hydrogen-bond acceptors (Lipinski definition) is 2. The zero-order chi connectivity index (χ0) is 8.27. The highest BCUT2D eigenvalue weighted by molar-refractivity contribution is 7.98. The summed E-state index contributed by atoms with van der Waals surface area (Å²) in [5.74, 6) is 0. The lowest BCUT2D eigenvalue weighted by molar-refractivity contribution is 1.04. The first-order valence-corrected chi connectivity index (χ1v) is 4.94. The van der Waals surface area contributed by atoms with Gasteiger partial charge < -0.3 is 5.73 Å². The van der Waals surface area contributed by atoms with Crippen molar-refractivity contribution in [2.75, 3.05) is 6.26 Å². The molecular weight excluding hydrogens is 178 g/mol. The van der Waals surface area contributed by atoms with Gasteiger partial charge in [-0.3, -0.25) is 0 Å². The molecule has 11 heavy (non-hydrogen) atoms. The van der Waals surface area contributed by atoms with Crippen LogP contribution in [0.5, 0.6) is 0 Å². The van der Waals surface area contributed by atoms with Gasteiger partial charge in [0.1, 0.15) is 0 Å². The van der Waals surface area contributed by atoms with Crippen LogP contribution in [-0.2, 0) is 0 Å².